The minimum atomic E-state index is -0.534. The average Bonchev–Trinajstić information content (AvgIpc) is 3.41. The molecule has 11 heteroatoms. The summed E-state index contributed by atoms with van der Waals surface area (Å²) in [7, 11) is 1.31. The third kappa shape index (κ3) is 6.27. The van der Waals surface area contributed by atoms with E-state index in [9.17, 15) is 9.59 Å². The smallest absolute Gasteiger partial charge is 0.411 e. The highest BCUT2D eigenvalue weighted by molar-refractivity contribution is 6.30. The zero-order valence-corrected chi connectivity index (χ0v) is 19.3. The van der Waals surface area contributed by atoms with Gasteiger partial charge >= 0.3 is 6.09 Å². The number of nitrogens with zero attached hydrogens (tertiary/aromatic N) is 5. The van der Waals surface area contributed by atoms with Crippen molar-refractivity contribution in [3.63, 3.8) is 0 Å². The second-order valence-electron chi connectivity index (χ2n) is 7.28. The van der Waals surface area contributed by atoms with Crippen LogP contribution >= 0.6 is 11.6 Å². The second kappa shape index (κ2) is 11.0. The van der Waals surface area contributed by atoms with Crippen LogP contribution in [0.3, 0.4) is 0 Å². The third-order valence-corrected chi connectivity index (χ3v) is 5.15. The molecule has 35 heavy (non-hydrogen) atoms. The summed E-state index contributed by atoms with van der Waals surface area (Å²) in [5, 5.41) is 17.1. The van der Waals surface area contributed by atoms with Crippen LogP contribution in [0.15, 0.2) is 73.3 Å². The van der Waals surface area contributed by atoms with Crippen molar-refractivity contribution in [3.8, 4) is 16.8 Å². The zero-order chi connectivity index (χ0) is 24.6. The van der Waals surface area contributed by atoms with E-state index in [4.69, 9.17) is 11.6 Å². The van der Waals surface area contributed by atoms with E-state index in [2.05, 4.69) is 35.9 Å². The molecule has 0 aliphatic rings. The minimum Gasteiger partial charge on any atom is -0.453 e. The van der Waals surface area contributed by atoms with Crippen molar-refractivity contribution < 1.29 is 14.3 Å². The molecule has 0 bridgehead atoms. The summed E-state index contributed by atoms with van der Waals surface area (Å²) >= 11 is 6.11. The van der Waals surface area contributed by atoms with E-state index in [-0.39, 0.29) is 5.91 Å². The number of amides is 2. The topological polar surface area (TPSA) is 124 Å². The van der Waals surface area contributed by atoms with Gasteiger partial charge in [0.1, 0.15) is 6.33 Å². The Morgan fingerprint density at radius 3 is 2.66 bits per heavy atom. The first-order chi connectivity index (χ1) is 17.0. The fourth-order valence-electron chi connectivity index (χ4n) is 3.21. The molecule has 0 aliphatic heterocycles. The van der Waals surface area contributed by atoms with Gasteiger partial charge in [0.05, 0.1) is 12.8 Å². The molecular weight excluding hydrogens is 470 g/mol. The number of carbonyl (C=O) groups excluding carboxylic acids is 2. The van der Waals surface area contributed by atoms with Gasteiger partial charge in [-0.15, -0.1) is 5.10 Å². The number of benzene rings is 2. The molecule has 0 spiro atoms. The van der Waals surface area contributed by atoms with Crippen molar-refractivity contribution in [3.05, 3.63) is 89.5 Å². The Bertz CT molecular complexity index is 1360. The summed E-state index contributed by atoms with van der Waals surface area (Å²) in [6.07, 6.45) is 7.42. The first kappa shape index (κ1) is 23.6. The van der Waals surface area contributed by atoms with Gasteiger partial charge in [-0.25, -0.2) is 4.79 Å². The normalized spacial score (nSPS) is 10.8. The number of hydrogen-bond acceptors (Lipinski definition) is 7. The van der Waals surface area contributed by atoms with Gasteiger partial charge in [-0.1, -0.05) is 23.7 Å². The molecule has 10 nitrogen and oxygen atoms in total. The van der Waals surface area contributed by atoms with E-state index in [0.29, 0.717) is 28.5 Å². The lowest BCUT2D eigenvalue weighted by Gasteiger charge is -2.08. The number of nitrogens with one attached hydrogen (secondary N) is 2. The van der Waals surface area contributed by atoms with Crippen molar-refractivity contribution in [2.75, 3.05) is 12.4 Å². The summed E-state index contributed by atoms with van der Waals surface area (Å²) in [6, 6.07) is 14.4. The van der Waals surface area contributed by atoms with Crippen molar-refractivity contribution in [2.24, 2.45) is 0 Å². The monoisotopic (exact) mass is 489 g/mol. The van der Waals surface area contributed by atoms with E-state index in [1.807, 2.05) is 18.2 Å². The number of tetrazole rings is 1. The van der Waals surface area contributed by atoms with Crippen LogP contribution in [0.4, 0.5) is 10.5 Å². The lowest BCUT2D eigenvalue weighted by atomic mass is 10.1. The predicted molar refractivity (Wildman–Crippen MR) is 131 cm³/mol. The molecule has 2 heterocycles. The molecule has 2 N–H and O–H groups in total. The second-order valence-corrected chi connectivity index (χ2v) is 7.72. The lowest BCUT2D eigenvalue weighted by Crippen LogP contribution is -2.20. The Morgan fingerprint density at radius 2 is 1.91 bits per heavy atom. The first-order valence-electron chi connectivity index (χ1n) is 10.4. The number of rotatable bonds is 7. The SMILES string of the molecule is COC(=O)Nc1ccc(-c2cncc(CNC(=O)C=Cc3cc(Cl)ccc3-n3cnnn3)c2)cc1. The molecule has 0 saturated heterocycles. The fraction of sp³-hybridized carbons (Fsp3) is 0.0833. The van der Waals surface area contributed by atoms with Crippen LogP contribution in [-0.4, -0.2) is 44.3 Å². The van der Waals surface area contributed by atoms with Crippen molar-refractivity contribution >= 4 is 35.4 Å². The van der Waals surface area contributed by atoms with Crippen LogP contribution in [0.1, 0.15) is 11.1 Å². The maximum absolute atomic E-state index is 12.4. The standard InChI is InChI=1S/C24H20ClN7O3/c1-35-24(34)29-21-6-2-17(3-7-21)19-10-16(12-26-14-19)13-27-23(33)9-4-18-11-20(25)5-8-22(18)32-15-28-30-31-32/h2-12,14-15H,13H2,1H3,(H,27,33)(H,29,34). The fourth-order valence-corrected chi connectivity index (χ4v) is 3.39. The van der Waals surface area contributed by atoms with Crippen molar-refractivity contribution in [1.29, 1.82) is 0 Å². The molecular formula is C24H20ClN7O3. The Balaban J connectivity index is 1.40. The molecule has 2 aromatic heterocycles. The van der Waals surface area contributed by atoms with Gasteiger partial charge in [0.15, 0.2) is 0 Å². The van der Waals surface area contributed by atoms with Gasteiger partial charge in [-0.2, -0.15) is 4.68 Å². The molecule has 176 valence electrons. The number of halogens is 1. The number of methoxy groups -OCH3 is 1. The zero-order valence-electron chi connectivity index (χ0n) is 18.6. The number of aromatic nitrogens is 5. The summed E-state index contributed by atoms with van der Waals surface area (Å²) in [4.78, 5) is 28.0. The molecule has 0 aliphatic carbocycles. The maximum Gasteiger partial charge on any atom is 0.411 e. The molecule has 0 radical (unpaired) electrons. The van der Waals surface area contributed by atoms with Crippen LogP contribution in [0.5, 0.6) is 0 Å². The van der Waals surface area contributed by atoms with Gasteiger partial charge in [-0.3, -0.25) is 15.1 Å². The first-order valence-corrected chi connectivity index (χ1v) is 10.8. The van der Waals surface area contributed by atoms with E-state index < -0.39 is 6.09 Å². The summed E-state index contributed by atoms with van der Waals surface area (Å²) < 4.78 is 6.08. The molecule has 0 fully saturated rings. The predicted octanol–water partition coefficient (Wildman–Crippen LogP) is 3.89. The number of ether oxygens (including phenoxy) is 1. The average molecular weight is 490 g/mol. The quantitative estimate of drug-likeness (QED) is 0.377. The maximum atomic E-state index is 12.4. The minimum absolute atomic E-state index is 0.281. The van der Waals surface area contributed by atoms with Crippen LogP contribution in [0.25, 0.3) is 22.9 Å². The van der Waals surface area contributed by atoms with Gasteiger partial charge in [-0.05, 0) is 64.0 Å². The summed E-state index contributed by atoms with van der Waals surface area (Å²) in [6.45, 7) is 0.293. The van der Waals surface area contributed by atoms with Gasteiger partial charge in [0.2, 0.25) is 5.91 Å². The molecule has 0 unspecified atom stereocenters. The van der Waals surface area contributed by atoms with Crippen molar-refractivity contribution in [1.82, 2.24) is 30.5 Å². The Labute approximate surface area is 205 Å². The lowest BCUT2D eigenvalue weighted by molar-refractivity contribution is -0.116. The van der Waals surface area contributed by atoms with Gasteiger partial charge < -0.3 is 10.1 Å². The molecule has 4 aromatic rings. The third-order valence-electron chi connectivity index (χ3n) is 4.91. The number of hydrogen-bond donors (Lipinski definition) is 2. The molecule has 0 saturated carbocycles. The highest BCUT2D eigenvalue weighted by Crippen LogP contribution is 2.22. The number of anilines is 1. The van der Waals surface area contributed by atoms with Crippen LogP contribution < -0.4 is 10.6 Å². The Morgan fingerprint density at radius 1 is 1.09 bits per heavy atom. The molecule has 4 rings (SSSR count). The van der Waals surface area contributed by atoms with E-state index in [0.717, 1.165) is 16.7 Å². The van der Waals surface area contributed by atoms with Crippen LogP contribution in [0.2, 0.25) is 5.02 Å². The Kier molecular flexibility index (Phi) is 7.44. The van der Waals surface area contributed by atoms with E-state index >= 15 is 0 Å². The molecule has 2 amide bonds. The highest BCUT2D eigenvalue weighted by atomic mass is 35.5. The number of carbonyl (C=O) groups is 2. The molecule has 0 atom stereocenters. The van der Waals surface area contributed by atoms with E-state index in [1.54, 1.807) is 48.8 Å². The van der Waals surface area contributed by atoms with Crippen LogP contribution in [0, 0.1) is 0 Å². The van der Waals surface area contributed by atoms with E-state index in [1.165, 1.54) is 24.2 Å². The Hall–Kier alpha value is -4.57. The highest BCUT2D eigenvalue weighted by Gasteiger charge is 2.07. The number of pyridine rings is 1. The summed E-state index contributed by atoms with van der Waals surface area (Å²) in [5.41, 5.74) is 4.62. The van der Waals surface area contributed by atoms with Gasteiger partial charge in [0, 0.05) is 46.9 Å². The van der Waals surface area contributed by atoms with Gasteiger partial charge in [0.25, 0.3) is 0 Å². The van der Waals surface area contributed by atoms with Crippen molar-refractivity contribution in [2.45, 2.75) is 6.54 Å². The largest absolute Gasteiger partial charge is 0.453 e. The summed E-state index contributed by atoms with van der Waals surface area (Å²) in [5.74, 6) is -0.281. The van der Waals surface area contributed by atoms with Crippen LogP contribution in [-0.2, 0) is 16.1 Å². The molecule has 2 aromatic carbocycles.